The van der Waals surface area contributed by atoms with Gasteiger partial charge in [0.1, 0.15) is 24.4 Å². The smallest absolute Gasteiger partial charge is 0.261 e. The fourth-order valence-electron chi connectivity index (χ4n) is 2.89. The van der Waals surface area contributed by atoms with Gasteiger partial charge in [0.25, 0.3) is 5.91 Å². The van der Waals surface area contributed by atoms with E-state index in [-0.39, 0.29) is 12.5 Å². The lowest BCUT2D eigenvalue weighted by Gasteiger charge is -2.07. The van der Waals surface area contributed by atoms with Crippen molar-refractivity contribution in [1.29, 1.82) is 0 Å². The minimum atomic E-state index is -0.278. The van der Waals surface area contributed by atoms with Crippen LogP contribution in [-0.4, -0.2) is 27.1 Å². The maximum absolute atomic E-state index is 12.1. The van der Waals surface area contributed by atoms with Gasteiger partial charge in [-0.05, 0) is 54.4 Å². The number of fused-ring (bicyclic) bond motifs is 1. The largest absolute Gasteiger partial charge is 0.489 e. The lowest BCUT2D eigenvalue weighted by Crippen LogP contribution is -2.23. The van der Waals surface area contributed by atoms with Gasteiger partial charge in [-0.25, -0.2) is 10.1 Å². The van der Waals surface area contributed by atoms with Gasteiger partial charge in [-0.15, -0.1) is 5.10 Å². The first-order chi connectivity index (χ1) is 14.7. The topological polar surface area (TPSA) is 81.4 Å². The Morgan fingerprint density at radius 3 is 2.63 bits per heavy atom. The van der Waals surface area contributed by atoms with Crippen molar-refractivity contribution in [2.45, 2.75) is 20.1 Å². The van der Waals surface area contributed by atoms with Crippen LogP contribution >= 0.6 is 0 Å². The van der Waals surface area contributed by atoms with E-state index in [4.69, 9.17) is 4.74 Å². The first kappa shape index (κ1) is 19.3. The molecule has 1 aromatic heterocycles. The van der Waals surface area contributed by atoms with Gasteiger partial charge in [-0.3, -0.25) is 4.79 Å². The fourth-order valence-corrected chi connectivity index (χ4v) is 2.89. The number of nitrogens with zero attached hydrogens (tertiary/aromatic N) is 4. The molecule has 0 unspecified atom stereocenters. The summed E-state index contributed by atoms with van der Waals surface area (Å²) in [5, 5.41) is 12.0. The second-order valence-electron chi connectivity index (χ2n) is 6.87. The van der Waals surface area contributed by atoms with Crippen molar-refractivity contribution in [3.05, 3.63) is 89.5 Å². The molecular formula is C23H21N5O2. The van der Waals surface area contributed by atoms with E-state index in [1.165, 1.54) is 5.56 Å². The molecule has 7 heteroatoms. The standard InChI is InChI=1S/C23H21N5O2/c1-17-6-8-19(9-7-17)16-30-20-12-10-18(11-13-20)14-24-26-23(29)15-28-22-5-3-2-4-21(22)25-27-28/h2-14H,15-16H2,1H3,(H,26,29)/b24-14-. The van der Waals surface area contributed by atoms with Crippen LogP contribution in [0.4, 0.5) is 0 Å². The highest BCUT2D eigenvalue weighted by Crippen LogP contribution is 2.14. The molecule has 0 aliphatic heterocycles. The van der Waals surface area contributed by atoms with Crippen LogP contribution in [0.1, 0.15) is 16.7 Å². The zero-order chi connectivity index (χ0) is 20.8. The van der Waals surface area contributed by atoms with E-state index in [1.807, 2.05) is 48.5 Å². The monoisotopic (exact) mass is 399 g/mol. The summed E-state index contributed by atoms with van der Waals surface area (Å²) in [7, 11) is 0. The molecule has 1 heterocycles. The van der Waals surface area contributed by atoms with Gasteiger partial charge >= 0.3 is 0 Å². The number of benzene rings is 3. The number of rotatable bonds is 7. The number of aryl methyl sites for hydroxylation is 1. The molecule has 0 bridgehead atoms. The van der Waals surface area contributed by atoms with E-state index >= 15 is 0 Å². The third-order valence-electron chi connectivity index (χ3n) is 4.52. The Kier molecular flexibility index (Phi) is 5.80. The highest BCUT2D eigenvalue weighted by atomic mass is 16.5. The Labute approximate surface area is 174 Å². The van der Waals surface area contributed by atoms with Crippen LogP contribution in [0, 0.1) is 6.92 Å². The Bertz CT molecular complexity index is 1160. The molecule has 0 aliphatic rings. The summed E-state index contributed by atoms with van der Waals surface area (Å²) in [6.45, 7) is 2.62. The van der Waals surface area contributed by atoms with Crippen molar-refractivity contribution < 1.29 is 9.53 Å². The highest BCUT2D eigenvalue weighted by Gasteiger charge is 2.07. The summed E-state index contributed by atoms with van der Waals surface area (Å²) in [6, 6.07) is 23.2. The van der Waals surface area contributed by atoms with E-state index in [0.717, 1.165) is 27.9 Å². The van der Waals surface area contributed by atoms with Crippen LogP contribution in [0.3, 0.4) is 0 Å². The molecule has 0 saturated carbocycles. The van der Waals surface area contributed by atoms with Crippen molar-refractivity contribution in [3.63, 3.8) is 0 Å². The predicted molar refractivity (Wildman–Crippen MR) is 115 cm³/mol. The normalized spacial score (nSPS) is 11.1. The molecule has 1 amide bonds. The average molecular weight is 399 g/mol. The maximum Gasteiger partial charge on any atom is 0.261 e. The summed E-state index contributed by atoms with van der Waals surface area (Å²) in [5.74, 6) is 0.495. The summed E-state index contributed by atoms with van der Waals surface area (Å²) >= 11 is 0. The van der Waals surface area contributed by atoms with Crippen LogP contribution in [0.5, 0.6) is 5.75 Å². The number of carbonyl (C=O) groups is 1. The van der Waals surface area contributed by atoms with E-state index in [9.17, 15) is 4.79 Å². The van der Waals surface area contributed by atoms with Gasteiger partial charge < -0.3 is 4.74 Å². The van der Waals surface area contributed by atoms with E-state index in [2.05, 4.69) is 52.0 Å². The molecule has 30 heavy (non-hydrogen) atoms. The first-order valence-electron chi connectivity index (χ1n) is 9.56. The molecule has 4 rings (SSSR count). The lowest BCUT2D eigenvalue weighted by atomic mass is 10.2. The molecule has 3 aromatic carbocycles. The number of hydrogen-bond acceptors (Lipinski definition) is 5. The minimum Gasteiger partial charge on any atom is -0.489 e. The van der Waals surface area contributed by atoms with Crippen molar-refractivity contribution in [3.8, 4) is 5.75 Å². The molecule has 0 spiro atoms. The summed E-state index contributed by atoms with van der Waals surface area (Å²) < 4.78 is 7.34. The van der Waals surface area contributed by atoms with Gasteiger partial charge in [0.05, 0.1) is 11.7 Å². The van der Waals surface area contributed by atoms with Gasteiger partial charge in [0.2, 0.25) is 0 Å². The predicted octanol–water partition coefficient (Wildman–Crippen LogP) is 3.47. The van der Waals surface area contributed by atoms with Gasteiger partial charge in [0, 0.05) is 0 Å². The van der Waals surface area contributed by atoms with E-state index in [0.29, 0.717) is 6.61 Å². The van der Waals surface area contributed by atoms with Gasteiger partial charge in [0.15, 0.2) is 0 Å². The van der Waals surface area contributed by atoms with Crippen molar-refractivity contribution in [2.24, 2.45) is 5.10 Å². The van der Waals surface area contributed by atoms with Crippen molar-refractivity contribution in [1.82, 2.24) is 20.4 Å². The third kappa shape index (κ3) is 4.88. The quantitative estimate of drug-likeness (QED) is 0.381. The van der Waals surface area contributed by atoms with Crippen LogP contribution in [0.15, 0.2) is 77.9 Å². The lowest BCUT2D eigenvalue weighted by molar-refractivity contribution is -0.121. The number of hydrazone groups is 1. The zero-order valence-corrected chi connectivity index (χ0v) is 16.5. The Morgan fingerprint density at radius 2 is 1.83 bits per heavy atom. The molecule has 0 atom stereocenters. The molecule has 7 nitrogen and oxygen atoms in total. The second-order valence-corrected chi connectivity index (χ2v) is 6.87. The van der Waals surface area contributed by atoms with Crippen LogP contribution in [-0.2, 0) is 17.9 Å². The number of amides is 1. The fraction of sp³-hybridized carbons (Fsp3) is 0.130. The molecule has 0 fully saturated rings. The third-order valence-corrected chi connectivity index (χ3v) is 4.52. The Hall–Kier alpha value is -4.00. The molecule has 150 valence electrons. The maximum atomic E-state index is 12.1. The number of nitrogens with one attached hydrogen (secondary N) is 1. The number of hydrogen-bond donors (Lipinski definition) is 1. The van der Waals surface area contributed by atoms with Crippen LogP contribution in [0.2, 0.25) is 0 Å². The van der Waals surface area contributed by atoms with Crippen molar-refractivity contribution in [2.75, 3.05) is 0 Å². The van der Waals surface area contributed by atoms with Crippen LogP contribution in [0.25, 0.3) is 11.0 Å². The number of para-hydroxylation sites is 1. The zero-order valence-electron chi connectivity index (χ0n) is 16.5. The molecule has 0 saturated heterocycles. The number of ether oxygens (including phenoxy) is 1. The number of carbonyl (C=O) groups excluding carboxylic acids is 1. The van der Waals surface area contributed by atoms with Crippen LogP contribution < -0.4 is 10.2 Å². The Morgan fingerprint density at radius 1 is 1.07 bits per heavy atom. The van der Waals surface area contributed by atoms with Crippen molar-refractivity contribution >= 4 is 23.2 Å². The molecule has 0 radical (unpaired) electrons. The second kappa shape index (κ2) is 9.00. The molecule has 0 aliphatic carbocycles. The molecule has 4 aromatic rings. The molecule has 1 N–H and O–H groups in total. The summed E-state index contributed by atoms with van der Waals surface area (Å²) in [6.07, 6.45) is 1.58. The minimum absolute atomic E-state index is 0.0453. The highest BCUT2D eigenvalue weighted by molar-refractivity contribution is 5.83. The summed E-state index contributed by atoms with van der Waals surface area (Å²) in [4.78, 5) is 12.1. The number of aromatic nitrogens is 3. The Balaban J connectivity index is 1.27. The average Bonchev–Trinajstić information content (AvgIpc) is 3.17. The van der Waals surface area contributed by atoms with E-state index < -0.39 is 0 Å². The molecular weight excluding hydrogens is 378 g/mol. The van der Waals surface area contributed by atoms with Gasteiger partial charge in [-0.2, -0.15) is 5.10 Å². The SMILES string of the molecule is Cc1ccc(COc2ccc(/C=N\NC(=O)Cn3nnc4ccccc43)cc2)cc1. The summed E-state index contributed by atoms with van der Waals surface area (Å²) in [5.41, 5.74) is 7.26. The first-order valence-corrected chi connectivity index (χ1v) is 9.56. The van der Waals surface area contributed by atoms with E-state index in [1.54, 1.807) is 10.9 Å². The van der Waals surface area contributed by atoms with Gasteiger partial charge in [-0.1, -0.05) is 47.2 Å².